The molecule has 0 aromatic heterocycles. The van der Waals surface area contributed by atoms with Crippen LogP contribution in [0.15, 0.2) is 24.3 Å². The molecule has 0 saturated carbocycles. The first-order valence-corrected chi connectivity index (χ1v) is 25.6. The van der Waals surface area contributed by atoms with Crippen molar-refractivity contribution in [2.45, 2.75) is 283 Å². The van der Waals surface area contributed by atoms with Gasteiger partial charge in [0, 0.05) is 12.8 Å². The minimum atomic E-state index is -0.676. The highest BCUT2D eigenvalue weighted by Gasteiger charge is 2.20. The zero-order valence-corrected chi connectivity index (χ0v) is 38.8. The van der Waals surface area contributed by atoms with E-state index in [9.17, 15) is 19.8 Å². The Hall–Kier alpha value is -1.66. The van der Waals surface area contributed by atoms with E-state index in [-0.39, 0.29) is 18.5 Å². The van der Waals surface area contributed by atoms with Crippen molar-refractivity contribution >= 4 is 11.9 Å². The van der Waals surface area contributed by atoms with Crippen molar-refractivity contribution in [3.8, 4) is 0 Å². The minimum Gasteiger partial charge on any atom is -0.466 e. The number of hydrogen-bond acceptors (Lipinski definition) is 5. The predicted octanol–water partition coefficient (Wildman–Crippen LogP) is 15.1. The van der Waals surface area contributed by atoms with Crippen LogP contribution in [0, 0.1) is 0 Å². The van der Waals surface area contributed by atoms with Crippen molar-refractivity contribution in [3.63, 3.8) is 0 Å². The highest BCUT2D eigenvalue weighted by molar-refractivity contribution is 5.76. The van der Waals surface area contributed by atoms with Crippen LogP contribution in [-0.4, -0.2) is 47.4 Å². The summed E-state index contributed by atoms with van der Waals surface area (Å²) in [6, 6.07) is -0.555. The van der Waals surface area contributed by atoms with E-state index >= 15 is 0 Å². The number of rotatable bonds is 47. The van der Waals surface area contributed by atoms with E-state index in [0.717, 1.165) is 77.0 Å². The van der Waals surface area contributed by atoms with Crippen molar-refractivity contribution in [2.24, 2.45) is 0 Å². The molecule has 0 bridgehead atoms. The predicted molar refractivity (Wildman–Crippen MR) is 250 cm³/mol. The molecule has 2 atom stereocenters. The van der Waals surface area contributed by atoms with Crippen LogP contribution in [0.1, 0.15) is 271 Å². The summed E-state index contributed by atoms with van der Waals surface area (Å²) >= 11 is 0. The van der Waals surface area contributed by atoms with Crippen LogP contribution in [-0.2, 0) is 14.3 Å². The molecule has 0 aromatic rings. The number of unbranched alkanes of at least 4 members (excludes halogenated alkanes) is 33. The van der Waals surface area contributed by atoms with Crippen molar-refractivity contribution in [3.05, 3.63) is 24.3 Å². The Kier molecular flexibility index (Phi) is 46.6. The van der Waals surface area contributed by atoms with Gasteiger partial charge in [0.25, 0.3) is 0 Å². The van der Waals surface area contributed by atoms with Crippen molar-refractivity contribution in [2.75, 3.05) is 13.2 Å². The molecule has 0 aliphatic rings. The monoisotopic (exact) mass is 818 g/mol. The van der Waals surface area contributed by atoms with Crippen LogP contribution in [0.3, 0.4) is 0 Å². The maximum atomic E-state index is 12.4. The van der Waals surface area contributed by atoms with Gasteiger partial charge < -0.3 is 20.3 Å². The van der Waals surface area contributed by atoms with Gasteiger partial charge in [-0.3, -0.25) is 9.59 Å². The zero-order valence-electron chi connectivity index (χ0n) is 38.8. The Balaban J connectivity index is 3.49. The Labute approximate surface area is 361 Å². The zero-order chi connectivity index (χ0) is 42.3. The molecule has 0 fully saturated rings. The quantitative estimate of drug-likeness (QED) is 0.0323. The summed E-state index contributed by atoms with van der Waals surface area (Å²) in [4.78, 5) is 24.4. The molecule has 3 N–H and O–H groups in total. The van der Waals surface area contributed by atoms with Gasteiger partial charge in [0.05, 0.1) is 25.4 Å². The Morgan fingerprint density at radius 2 is 0.845 bits per heavy atom. The van der Waals surface area contributed by atoms with Gasteiger partial charge in [-0.25, -0.2) is 0 Å². The first-order valence-electron chi connectivity index (χ1n) is 25.6. The molecule has 1 amide bonds. The van der Waals surface area contributed by atoms with Crippen molar-refractivity contribution < 1.29 is 24.5 Å². The van der Waals surface area contributed by atoms with Gasteiger partial charge in [-0.05, 0) is 57.8 Å². The van der Waals surface area contributed by atoms with Crippen LogP contribution in [0.4, 0.5) is 0 Å². The van der Waals surface area contributed by atoms with E-state index in [1.54, 1.807) is 0 Å². The smallest absolute Gasteiger partial charge is 0.305 e. The van der Waals surface area contributed by atoms with Crippen molar-refractivity contribution in [1.29, 1.82) is 0 Å². The number of ether oxygens (including phenoxy) is 1. The van der Waals surface area contributed by atoms with Crippen molar-refractivity contribution in [1.82, 2.24) is 5.32 Å². The lowest BCUT2D eigenvalue weighted by molar-refractivity contribution is -0.143. The molecule has 6 nitrogen and oxygen atoms in total. The summed E-state index contributed by atoms with van der Waals surface area (Å²) in [7, 11) is 0. The number of carbonyl (C=O) groups excluding carboxylic acids is 2. The molecule has 0 rings (SSSR count). The summed E-state index contributed by atoms with van der Waals surface area (Å²) in [5.74, 6) is -0.0780. The van der Waals surface area contributed by atoms with E-state index in [0.29, 0.717) is 25.9 Å². The molecule has 0 radical (unpaired) electrons. The van der Waals surface area contributed by atoms with E-state index in [4.69, 9.17) is 4.74 Å². The topological polar surface area (TPSA) is 95.9 Å². The SMILES string of the molecule is CCCCCCCCCCCCCCCCCCC(=O)OCCCCC/C=C\C=C/CCCCCCCCC(=O)NC(CO)C(O)CCCCCCCCCCCC. The van der Waals surface area contributed by atoms with Crippen LogP contribution in [0.5, 0.6) is 0 Å². The third kappa shape index (κ3) is 43.9. The van der Waals surface area contributed by atoms with Gasteiger partial charge in [-0.1, -0.05) is 224 Å². The fourth-order valence-electron chi connectivity index (χ4n) is 7.81. The summed E-state index contributed by atoms with van der Waals surface area (Å²) < 4.78 is 5.45. The minimum absolute atomic E-state index is 0.0187. The highest BCUT2D eigenvalue weighted by Crippen LogP contribution is 2.16. The first kappa shape index (κ1) is 56.3. The molecule has 0 heterocycles. The van der Waals surface area contributed by atoms with Crippen LogP contribution >= 0.6 is 0 Å². The van der Waals surface area contributed by atoms with Crippen LogP contribution in [0.2, 0.25) is 0 Å². The second-order valence-electron chi connectivity index (χ2n) is 17.5. The summed E-state index contributed by atoms with van der Waals surface area (Å²) in [6.45, 7) is 4.88. The van der Waals surface area contributed by atoms with E-state index in [2.05, 4.69) is 43.5 Å². The average Bonchev–Trinajstić information content (AvgIpc) is 3.22. The number of hydrogen-bond donors (Lipinski definition) is 3. The first-order chi connectivity index (χ1) is 28.5. The number of esters is 1. The third-order valence-electron chi connectivity index (χ3n) is 11.8. The highest BCUT2D eigenvalue weighted by atomic mass is 16.5. The van der Waals surface area contributed by atoms with Gasteiger partial charge in [0.2, 0.25) is 5.91 Å². The number of carbonyl (C=O) groups is 2. The molecular formula is C52H99NO5. The van der Waals surface area contributed by atoms with Gasteiger partial charge in [0.15, 0.2) is 0 Å². The molecule has 2 unspecified atom stereocenters. The maximum absolute atomic E-state index is 12.4. The maximum Gasteiger partial charge on any atom is 0.305 e. The van der Waals surface area contributed by atoms with Gasteiger partial charge in [0.1, 0.15) is 0 Å². The molecule has 6 heteroatoms. The van der Waals surface area contributed by atoms with E-state index in [1.165, 1.54) is 161 Å². The molecule has 0 saturated heterocycles. The second-order valence-corrected chi connectivity index (χ2v) is 17.5. The normalized spacial score (nSPS) is 12.8. The molecule has 0 aliphatic carbocycles. The van der Waals surface area contributed by atoms with Gasteiger partial charge in [-0.15, -0.1) is 0 Å². The van der Waals surface area contributed by atoms with Crippen LogP contribution < -0.4 is 5.32 Å². The van der Waals surface area contributed by atoms with E-state index < -0.39 is 12.1 Å². The Morgan fingerprint density at radius 3 is 1.28 bits per heavy atom. The Morgan fingerprint density at radius 1 is 0.483 bits per heavy atom. The molecule has 342 valence electrons. The summed E-state index contributed by atoms with van der Waals surface area (Å²) in [6.07, 6.45) is 55.8. The molecule has 0 aliphatic heterocycles. The molecular weight excluding hydrogens is 719 g/mol. The molecule has 58 heavy (non-hydrogen) atoms. The van der Waals surface area contributed by atoms with Gasteiger partial charge >= 0.3 is 5.97 Å². The fourth-order valence-corrected chi connectivity index (χ4v) is 7.81. The number of aliphatic hydroxyl groups excluding tert-OH is 2. The summed E-state index contributed by atoms with van der Waals surface area (Å²) in [5, 5.41) is 23.1. The Bertz CT molecular complexity index is 904. The lowest BCUT2D eigenvalue weighted by atomic mass is 10.0. The molecule has 0 spiro atoms. The van der Waals surface area contributed by atoms with E-state index in [1.807, 2.05) is 0 Å². The molecule has 0 aromatic carbocycles. The number of amides is 1. The summed E-state index contributed by atoms with van der Waals surface area (Å²) in [5.41, 5.74) is 0. The van der Waals surface area contributed by atoms with Gasteiger partial charge in [-0.2, -0.15) is 0 Å². The van der Waals surface area contributed by atoms with Crippen LogP contribution in [0.25, 0.3) is 0 Å². The fraction of sp³-hybridized carbons (Fsp3) is 0.885. The second kappa shape index (κ2) is 48.0. The number of aliphatic hydroxyl groups is 2. The lowest BCUT2D eigenvalue weighted by Gasteiger charge is -2.22. The standard InChI is InChI=1S/C52H99NO5/c1-3-5-7-9-11-13-15-16-17-20-23-26-30-34-38-42-46-52(57)58-47-43-39-35-31-27-24-21-18-19-22-25-29-33-37-41-45-51(56)53-49(48-54)50(55)44-40-36-32-28-14-12-10-8-6-4-2/h18,21,24,27,49-50,54-55H,3-17,19-20,22-23,25-26,28-48H2,1-2H3,(H,53,56)/b21-18-,27-24-. The average molecular weight is 818 g/mol. The number of allylic oxidation sites excluding steroid dienone is 4. The third-order valence-corrected chi connectivity index (χ3v) is 11.8. The number of nitrogens with one attached hydrogen (secondary N) is 1. The largest absolute Gasteiger partial charge is 0.466 e. The lowest BCUT2D eigenvalue weighted by Crippen LogP contribution is -2.45.